The molecule has 3 rings (SSSR count). The summed E-state index contributed by atoms with van der Waals surface area (Å²) in [6.07, 6.45) is 5.49. The van der Waals surface area contributed by atoms with E-state index in [1.165, 1.54) is 28.2 Å². The average molecular weight is 372 g/mol. The Labute approximate surface area is 155 Å². The highest BCUT2D eigenvalue weighted by Crippen LogP contribution is 2.29. The summed E-state index contributed by atoms with van der Waals surface area (Å²) in [7, 11) is 0. The molecular formula is C19H20N2O4S. The van der Waals surface area contributed by atoms with E-state index in [0.29, 0.717) is 10.4 Å². The number of thiophene rings is 1. The number of carbonyl (C=O) groups is 3. The molecule has 0 spiro atoms. The number of amides is 2. The van der Waals surface area contributed by atoms with Crippen molar-refractivity contribution in [2.75, 3.05) is 6.61 Å². The Hall–Kier alpha value is -2.67. The minimum atomic E-state index is -0.597. The lowest BCUT2D eigenvalue weighted by molar-refractivity contribution is -0.125. The minimum Gasteiger partial charge on any atom is -0.451 e. The molecule has 6 nitrogen and oxygen atoms in total. The number of carbonyl (C=O) groups excluding carboxylic acids is 3. The molecule has 0 saturated heterocycles. The third-order valence-electron chi connectivity index (χ3n) is 4.13. The van der Waals surface area contributed by atoms with Gasteiger partial charge in [0.15, 0.2) is 6.61 Å². The van der Waals surface area contributed by atoms with Crippen molar-refractivity contribution in [2.45, 2.75) is 32.1 Å². The largest absolute Gasteiger partial charge is 0.451 e. The molecule has 1 aliphatic rings. The predicted molar refractivity (Wildman–Crippen MR) is 97.9 cm³/mol. The second-order valence-electron chi connectivity index (χ2n) is 6.06. The van der Waals surface area contributed by atoms with Crippen LogP contribution in [0.4, 0.5) is 0 Å². The number of hydrazine groups is 1. The Kier molecular flexibility index (Phi) is 6.01. The fraction of sp³-hybridized carbons (Fsp3) is 0.316. The van der Waals surface area contributed by atoms with Crippen LogP contribution in [-0.2, 0) is 22.4 Å². The lowest BCUT2D eigenvalue weighted by Crippen LogP contribution is -2.43. The van der Waals surface area contributed by atoms with Crippen LogP contribution in [0.5, 0.6) is 0 Å². The Morgan fingerprint density at radius 2 is 1.77 bits per heavy atom. The van der Waals surface area contributed by atoms with Crippen LogP contribution < -0.4 is 10.9 Å². The minimum absolute atomic E-state index is 0.421. The monoisotopic (exact) mass is 372 g/mol. The van der Waals surface area contributed by atoms with Crippen molar-refractivity contribution in [1.29, 1.82) is 0 Å². The van der Waals surface area contributed by atoms with Crippen LogP contribution in [0.25, 0.3) is 0 Å². The van der Waals surface area contributed by atoms with E-state index in [4.69, 9.17) is 4.74 Å². The first-order valence-electron chi connectivity index (χ1n) is 8.56. The van der Waals surface area contributed by atoms with Crippen LogP contribution in [0, 0.1) is 0 Å². The normalized spacial score (nSPS) is 13.2. The van der Waals surface area contributed by atoms with Crippen LogP contribution >= 0.6 is 11.3 Å². The lowest BCUT2D eigenvalue weighted by atomic mass is 10.1. The fourth-order valence-corrected chi connectivity index (χ4v) is 3.94. The van der Waals surface area contributed by atoms with Crippen LogP contribution in [0.1, 0.15) is 49.7 Å². The Bertz CT molecular complexity index is 778. The maximum Gasteiger partial charge on any atom is 0.348 e. The van der Waals surface area contributed by atoms with Gasteiger partial charge in [-0.1, -0.05) is 24.6 Å². The molecule has 0 saturated carbocycles. The summed E-state index contributed by atoms with van der Waals surface area (Å²) in [4.78, 5) is 37.5. The molecule has 0 radical (unpaired) electrons. The summed E-state index contributed by atoms with van der Waals surface area (Å²) in [5, 5.41) is 0. The summed E-state index contributed by atoms with van der Waals surface area (Å²) >= 11 is 1.45. The number of esters is 1. The van der Waals surface area contributed by atoms with Crippen molar-refractivity contribution in [3.63, 3.8) is 0 Å². The van der Waals surface area contributed by atoms with Crippen LogP contribution in [-0.4, -0.2) is 24.4 Å². The molecule has 0 unspecified atom stereocenters. The zero-order chi connectivity index (χ0) is 18.4. The van der Waals surface area contributed by atoms with Crippen LogP contribution in [0.3, 0.4) is 0 Å². The van der Waals surface area contributed by atoms with Crippen molar-refractivity contribution in [3.05, 3.63) is 57.3 Å². The van der Waals surface area contributed by atoms with E-state index in [9.17, 15) is 14.4 Å². The molecule has 1 aromatic heterocycles. The van der Waals surface area contributed by atoms with Gasteiger partial charge in [0.25, 0.3) is 11.8 Å². The number of rotatable bonds is 4. The molecule has 7 heteroatoms. The second kappa shape index (κ2) is 8.62. The Balaban J connectivity index is 1.45. The van der Waals surface area contributed by atoms with Crippen LogP contribution in [0.15, 0.2) is 36.4 Å². The molecule has 2 N–H and O–H groups in total. The molecule has 1 aliphatic carbocycles. The van der Waals surface area contributed by atoms with E-state index in [0.717, 1.165) is 25.7 Å². The summed E-state index contributed by atoms with van der Waals surface area (Å²) < 4.78 is 5.05. The van der Waals surface area contributed by atoms with Gasteiger partial charge in [-0.25, -0.2) is 4.79 Å². The lowest BCUT2D eigenvalue weighted by Gasteiger charge is -2.07. The first-order chi connectivity index (χ1) is 12.6. The molecule has 136 valence electrons. The molecule has 0 bridgehead atoms. The standard InChI is InChI=1S/C19H20N2O4S/c22-17(20-21-18(23)13-7-3-1-4-8-13)12-25-19(24)16-11-14-9-5-2-6-10-15(14)26-16/h1,3-4,7-8,11H,2,5-6,9-10,12H2,(H,20,22)(H,21,23). The van der Waals surface area contributed by atoms with E-state index >= 15 is 0 Å². The number of hydrogen-bond donors (Lipinski definition) is 2. The summed E-state index contributed by atoms with van der Waals surface area (Å²) in [6.45, 7) is -0.448. The van der Waals surface area contributed by atoms with E-state index in [1.807, 2.05) is 6.07 Å². The second-order valence-corrected chi connectivity index (χ2v) is 7.20. The highest BCUT2D eigenvalue weighted by Gasteiger charge is 2.18. The summed E-state index contributed by atoms with van der Waals surface area (Å²) in [6, 6.07) is 10.4. The number of hydrogen-bond acceptors (Lipinski definition) is 5. The number of aryl methyl sites for hydroxylation is 2. The topological polar surface area (TPSA) is 84.5 Å². The van der Waals surface area contributed by atoms with Crippen molar-refractivity contribution in [2.24, 2.45) is 0 Å². The quantitative estimate of drug-likeness (QED) is 0.491. The number of fused-ring (bicyclic) bond motifs is 1. The molecule has 0 fully saturated rings. The zero-order valence-corrected chi connectivity index (χ0v) is 15.1. The predicted octanol–water partition coefficient (Wildman–Crippen LogP) is 2.64. The maximum absolute atomic E-state index is 12.1. The van der Waals surface area contributed by atoms with Crippen molar-refractivity contribution < 1.29 is 19.1 Å². The zero-order valence-electron chi connectivity index (χ0n) is 14.2. The first kappa shape index (κ1) is 18.1. The molecular weight excluding hydrogens is 352 g/mol. The Morgan fingerprint density at radius 1 is 1.00 bits per heavy atom. The third-order valence-corrected chi connectivity index (χ3v) is 5.35. The van der Waals surface area contributed by atoms with Crippen molar-refractivity contribution in [1.82, 2.24) is 10.9 Å². The fourth-order valence-electron chi connectivity index (χ4n) is 2.79. The number of ether oxygens (including phenoxy) is 1. The molecule has 1 aromatic carbocycles. The summed E-state index contributed by atoms with van der Waals surface area (Å²) in [5.41, 5.74) is 6.16. The van der Waals surface area contributed by atoms with Crippen molar-refractivity contribution >= 4 is 29.1 Å². The smallest absolute Gasteiger partial charge is 0.348 e. The van der Waals surface area contributed by atoms with E-state index in [1.54, 1.807) is 30.3 Å². The van der Waals surface area contributed by atoms with Gasteiger partial charge in [-0.15, -0.1) is 11.3 Å². The summed E-state index contributed by atoms with van der Waals surface area (Å²) in [5.74, 6) is -1.54. The van der Waals surface area contributed by atoms with Crippen molar-refractivity contribution in [3.8, 4) is 0 Å². The van der Waals surface area contributed by atoms with Gasteiger partial charge >= 0.3 is 5.97 Å². The molecule has 0 atom stereocenters. The van der Waals surface area contributed by atoms with E-state index < -0.39 is 24.4 Å². The first-order valence-corrected chi connectivity index (χ1v) is 9.38. The Morgan fingerprint density at radius 3 is 2.58 bits per heavy atom. The molecule has 1 heterocycles. The van der Waals surface area contributed by atoms with Gasteiger partial charge in [0.1, 0.15) is 4.88 Å². The highest BCUT2D eigenvalue weighted by molar-refractivity contribution is 7.14. The third kappa shape index (κ3) is 4.70. The van der Waals surface area contributed by atoms with E-state index in [2.05, 4.69) is 10.9 Å². The van der Waals surface area contributed by atoms with Gasteiger partial charge in [-0.2, -0.15) is 0 Å². The van der Waals surface area contributed by atoms with Gasteiger partial charge < -0.3 is 4.74 Å². The molecule has 0 aliphatic heterocycles. The SMILES string of the molecule is O=C(COC(=O)c1cc2c(s1)CCCCC2)NNC(=O)c1ccccc1. The van der Waals surface area contributed by atoms with Gasteiger partial charge in [0, 0.05) is 10.4 Å². The maximum atomic E-state index is 12.1. The van der Waals surface area contributed by atoms with Gasteiger partial charge in [-0.05, 0) is 49.4 Å². The molecule has 2 aromatic rings. The average Bonchev–Trinajstić information content (AvgIpc) is 2.95. The van der Waals surface area contributed by atoms with E-state index in [-0.39, 0.29) is 0 Å². The highest BCUT2D eigenvalue weighted by atomic mass is 32.1. The molecule has 2 amide bonds. The van der Waals surface area contributed by atoms with Gasteiger partial charge in [0.05, 0.1) is 0 Å². The van der Waals surface area contributed by atoms with Gasteiger partial charge in [0.2, 0.25) is 0 Å². The van der Waals surface area contributed by atoms with Gasteiger partial charge in [-0.3, -0.25) is 20.4 Å². The number of benzene rings is 1. The number of nitrogens with one attached hydrogen (secondary N) is 2. The molecule has 26 heavy (non-hydrogen) atoms. The van der Waals surface area contributed by atoms with Crippen LogP contribution in [0.2, 0.25) is 0 Å².